The molecule has 0 aliphatic carbocycles. The van der Waals surface area contributed by atoms with Crippen LogP contribution in [0, 0.1) is 0 Å². The third-order valence-corrected chi connectivity index (χ3v) is 1.62. The maximum atomic E-state index is 5.65. The van der Waals surface area contributed by atoms with Crippen LogP contribution < -0.4 is 5.73 Å². The third-order valence-electron chi connectivity index (χ3n) is 1.40. The second-order valence-electron chi connectivity index (χ2n) is 2.32. The molecule has 0 bridgehead atoms. The van der Waals surface area contributed by atoms with Crippen molar-refractivity contribution in [1.82, 2.24) is 15.1 Å². The molecule has 2 aromatic rings. The highest BCUT2D eigenvalue weighted by atomic mass is 35.5. The topological polar surface area (TPSA) is 77.8 Å². The van der Waals surface area contributed by atoms with Crippen LogP contribution in [0.5, 0.6) is 0 Å². The number of aromatic nitrogens is 3. The van der Waals surface area contributed by atoms with Gasteiger partial charge in [-0.3, -0.25) is 4.98 Å². The number of anilines is 1. The van der Waals surface area contributed by atoms with E-state index < -0.39 is 0 Å². The van der Waals surface area contributed by atoms with Gasteiger partial charge >= 0.3 is 6.01 Å². The van der Waals surface area contributed by atoms with Gasteiger partial charge in [0, 0.05) is 6.20 Å². The molecule has 5 nitrogen and oxygen atoms in total. The maximum absolute atomic E-state index is 5.65. The van der Waals surface area contributed by atoms with E-state index >= 15 is 0 Å². The third kappa shape index (κ3) is 1.59. The van der Waals surface area contributed by atoms with Crippen molar-refractivity contribution in [3.05, 3.63) is 23.4 Å². The molecule has 0 spiro atoms. The number of pyridine rings is 1. The van der Waals surface area contributed by atoms with Crippen molar-refractivity contribution in [3.8, 4) is 11.5 Å². The van der Waals surface area contributed by atoms with Gasteiger partial charge in [0.25, 0.3) is 0 Å². The average Bonchev–Trinajstić information content (AvgIpc) is 2.53. The lowest BCUT2D eigenvalue weighted by Gasteiger charge is -1.91. The van der Waals surface area contributed by atoms with E-state index in [1.807, 2.05) is 0 Å². The van der Waals surface area contributed by atoms with Gasteiger partial charge in [0.15, 0.2) is 0 Å². The van der Waals surface area contributed by atoms with Crippen molar-refractivity contribution >= 4 is 17.6 Å². The van der Waals surface area contributed by atoms with Gasteiger partial charge in [-0.2, -0.15) is 4.98 Å². The van der Waals surface area contributed by atoms with Crippen molar-refractivity contribution in [2.45, 2.75) is 0 Å². The summed E-state index contributed by atoms with van der Waals surface area (Å²) < 4.78 is 4.59. The fourth-order valence-electron chi connectivity index (χ4n) is 0.847. The molecule has 2 N–H and O–H groups in total. The molecule has 0 saturated carbocycles. The highest BCUT2D eigenvalue weighted by molar-refractivity contribution is 6.30. The van der Waals surface area contributed by atoms with Gasteiger partial charge in [-0.05, 0) is 12.1 Å². The first-order chi connectivity index (χ1) is 6.25. The van der Waals surface area contributed by atoms with Gasteiger partial charge in [0.1, 0.15) is 5.69 Å². The van der Waals surface area contributed by atoms with E-state index in [0.717, 1.165) is 0 Å². The predicted molar refractivity (Wildman–Crippen MR) is 47.0 cm³/mol. The fraction of sp³-hybridized carbons (Fsp3) is 0. The van der Waals surface area contributed by atoms with Crippen molar-refractivity contribution in [2.75, 3.05) is 5.73 Å². The molecule has 66 valence electrons. The molecular weight excluding hydrogens is 192 g/mol. The number of nitrogen functional groups attached to an aromatic ring is 1. The number of halogens is 1. The molecule has 0 atom stereocenters. The summed E-state index contributed by atoms with van der Waals surface area (Å²) in [5.41, 5.74) is 5.83. The van der Waals surface area contributed by atoms with E-state index in [2.05, 4.69) is 19.6 Å². The molecule has 0 aliphatic heterocycles. The predicted octanol–water partition coefficient (Wildman–Crippen LogP) is 1.37. The summed E-state index contributed by atoms with van der Waals surface area (Å²) in [7, 11) is 0. The lowest BCUT2D eigenvalue weighted by molar-refractivity contribution is 0.436. The highest BCUT2D eigenvalue weighted by Gasteiger charge is 2.06. The van der Waals surface area contributed by atoms with E-state index in [-0.39, 0.29) is 6.01 Å². The Kier molecular flexibility index (Phi) is 1.86. The molecule has 2 aromatic heterocycles. The molecule has 0 saturated heterocycles. The Morgan fingerprint density at radius 1 is 1.38 bits per heavy atom. The summed E-state index contributed by atoms with van der Waals surface area (Å²) in [4.78, 5) is 7.79. The Balaban J connectivity index is 2.41. The van der Waals surface area contributed by atoms with E-state index in [1.54, 1.807) is 12.1 Å². The van der Waals surface area contributed by atoms with Crippen molar-refractivity contribution in [3.63, 3.8) is 0 Å². The van der Waals surface area contributed by atoms with Crippen LogP contribution in [0.15, 0.2) is 22.9 Å². The summed E-state index contributed by atoms with van der Waals surface area (Å²) in [6.07, 6.45) is 1.50. The molecule has 2 rings (SSSR count). The molecule has 0 amide bonds. The van der Waals surface area contributed by atoms with Gasteiger partial charge in [-0.15, -0.1) is 0 Å². The van der Waals surface area contributed by atoms with Crippen LogP contribution >= 0.6 is 11.6 Å². The zero-order valence-electron chi connectivity index (χ0n) is 6.44. The van der Waals surface area contributed by atoms with Crippen LogP contribution in [0.4, 0.5) is 6.01 Å². The zero-order valence-corrected chi connectivity index (χ0v) is 7.19. The van der Waals surface area contributed by atoms with Crippen LogP contribution in [0.1, 0.15) is 0 Å². The standard InChI is InChI=1S/C7H5ClN4O/c8-4-1-2-5(10-3-4)6-11-7(9)13-12-6/h1-3H,(H2,9,11,12). The SMILES string of the molecule is Nc1nc(-c2ccc(Cl)cn2)no1. The monoisotopic (exact) mass is 196 g/mol. The van der Waals surface area contributed by atoms with Gasteiger partial charge in [-0.1, -0.05) is 16.8 Å². The minimum atomic E-state index is 0.0201. The van der Waals surface area contributed by atoms with Crippen LogP contribution in [-0.4, -0.2) is 15.1 Å². The summed E-state index contributed by atoms with van der Waals surface area (Å²) in [5.74, 6) is 0.356. The minimum absolute atomic E-state index is 0.0201. The number of nitrogens with two attached hydrogens (primary N) is 1. The van der Waals surface area contributed by atoms with E-state index in [4.69, 9.17) is 17.3 Å². The lowest BCUT2D eigenvalue weighted by atomic mass is 10.3. The molecule has 0 unspecified atom stereocenters. The van der Waals surface area contributed by atoms with Crippen LogP contribution in [-0.2, 0) is 0 Å². The highest BCUT2D eigenvalue weighted by Crippen LogP contribution is 2.15. The normalized spacial score (nSPS) is 10.2. The second kappa shape index (κ2) is 3.02. The lowest BCUT2D eigenvalue weighted by Crippen LogP contribution is -1.86. The van der Waals surface area contributed by atoms with E-state index in [1.165, 1.54) is 6.20 Å². The van der Waals surface area contributed by atoms with E-state index in [9.17, 15) is 0 Å². The second-order valence-corrected chi connectivity index (χ2v) is 2.75. The van der Waals surface area contributed by atoms with Gasteiger partial charge in [0.2, 0.25) is 5.82 Å². The quantitative estimate of drug-likeness (QED) is 0.745. The summed E-state index contributed by atoms with van der Waals surface area (Å²) >= 11 is 5.65. The summed E-state index contributed by atoms with van der Waals surface area (Å²) in [6, 6.07) is 3.40. The van der Waals surface area contributed by atoms with Crippen molar-refractivity contribution in [2.24, 2.45) is 0 Å². The van der Waals surface area contributed by atoms with Crippen LogP contribution in [0.2, 0.25) is 5.02 Å². The first-order valence-electron chi connectivity index (χ1n) is 3.47. The molecule has 0 radical (unpaired) electrons. The Labute approximate surface area is 78.5 Å². The molecule has 0 aliphatic rings. The van der Waals surface area contributed by atoms with E-state index in [0.29, 0.717) is 16.5 Å². The smallest absolute Gasteiger partial charge is 0.319 e. The van der Waals surface area contributed by atoms with Gasteiger partial charge in [0.05, 0.1) is 5.02 Å². The Hall–Kier alpha value is -1.62. The Bertz CT molecular complexity index is 411. The number of rotatable bonds is 1. The van der Waals surface area contributed by atoms with Gasteiger partial charge in [-0.25, -0.2) is 0 Å². The Morgan fingerprint density at radius 3 is 2.77 bits per heavy atom. The fourth-order valence-corrected chi connectivity index (χ4v) is 0.959. The minimum Gasteiger partial charge on any atom is -0.351 e. The van der Waals surface area contributed by atoms with Crippen molar-refractivity contribution < 1.29 is 4.52 Å². The summed E-state index contributed by atoms with van der Waals surface area (Å²) in [5, 5.41) is 4.15. The first kappa shape index (κ1) is 8.00. The number of hydrogen-bond acceptors (Lipinski definition) is 5. The molecule has 13 heavy (non-hydrogen) atoms. The van der Waals surface area contributed by atoms with Gasteiger partial charge < -0.3 is 10.3 Å². The van der Waals surface area contributed by atoms with Crippen molar-refractivity contribution in [1.29, 1.82) is 0 Å². The molecule has 0 fully saturated rings. The zero-order chi connectivity index (χ0) is 9.26. The van der Waals surface area contributed by atoms with Crippen LogP contribution in [0.25, 0.3) is 11.5 Å². The maximum Gasteiger partial charge on any atom is 0.319 e. The molecule has 6 heteroatoms. The first-order valence-corrected chi connectivity index (χ1v) is 3.84. The largest absolute Gasteiger partial charge is 0.351 e. The molecular formula is C7H5ClN4O. The summed E-state index contributed by atoms with van der Waals surface area (Å²) in [6.45, 7) is 0. The number of nitrogens with zero attached hydrogens (tertiary/aromatic N) is 3. The average molecular weight is 197 g/mol. The molecule has 2 heterocycles. The number of hydrogen-bond donors (Lipinski definition) is 1. The van der Waals surface area contributed by atoms with Crippen LogP contribution in [0.3, 0.4) is 0 Å². The molecule has 0 aromatic carbocycles. The Morgan fingerprint density at radius 2 is 2.23 bits per heavy atom.